The van der Waals surface area contributed by atoms with Gasteiger partial charge in [0.15, 0.2) is 6.07 Å². The van der Waals surface area contributed by atoms with E-state index in [1.54, 1.807) is 6.07 Å². The number of nitrogens with zero attached hydrogens (tertiary/aromatic N) is 1. The van der Waals surface area contributed by atoms with E-state index in [1.807, 2.05) is 26.0 Å². The third-order valence-corrected chi connectivity index (χ3v) is 1.63. The lowest BCUT2D eigenvalue weighted by molar-refractivity contribution is 1.36. The molecule has 1 aromatic carbocycles. The minimum atomic E-state index is 0.933. The molecule has 12 heavy (non-hydrogen) atoms. The highest BCUT2D eigenvalue weighted by atomic mass is 14.2. The van der Waals surface area contributed by atoms with Gasteiger partial charge in [-0.15, -0.1) is 0 Å². The van der Waals surface area contributed by atoms with Crippen LogP contribution in [-0.2, 0) is 0 Å². The molecule has 0 bridgehead atoms. The monoisotopic (exact) mass is 155 g/mol. The Morgan fingerprint density at radius 2 is 2.00 bits per heavy atom. The first-order valence-corrected chi connectivity index (χ1v) is 3.71. The first-order chi connectivity index (χ1) is 5.74. The molecule has 0 saturated heterocycles. The van der Waals surface area contributed by atoms with E-state index in [0.29, 0.717) is 0 Å². The molecule has 0 atom stereocenters. The molecule has 0 saturated carbocycles. The van der Waals surface area contributed by atoms with Crippen molar-refractivity contribution in [2.24, 2.45) is 0 Å². The van der Waals surface area contributed by atoms with Gasteiger partial charge in [-0.3, -0.25) is 0 Å². The molecule has 0 aliphatic carbocycles. The van der Waals surface area contributed by atoms with E-state index in [1.165, 1.54) is 5.56 Å². The molecule has 0 aromatic heterocycles. The quantitative estimate of drug-likeness (QED) is 0.527. The van der Waals surface area contributed by atoms with Crippen molar-refractivity contribution < 1.29 is 0 Å². The van der Waals surface area contributed by atoms with Crippen LogP contribution in [0.4, 0.5) is 0 Å². The van der Waals surface area contributed by atoms with Gasteiger partial charge in [0.05, 0.1) is 0 Å². The third kappa shape index (κ3) is 1.87. The molecule has 0 amide bonds. The Kier molecular flexibility index (Phi) is 2.51. The lowest BCUT2D eigenvalue weighted by Crippen LogP contribution is -1.82. The van der Waals surface area contributed by atoms with Gasteiger partial charge in [-0.25, -0.2) is 0 Å². The SMILES string of the molecule is Cc1ccc(C#CC#N)c(C)c1. The number of hydrogen-bond donors (Lipinski definition) is 0. The standard InChI is InChI=1S/C11H9N/c1-9-5-6-11(4-3-7-12)10(2)8-9/h5-6,8H,1-2H3. The molecule has 1 rings (SSSR count). The van der Waals surface area contributed by atoms with E-state index in [4.69, 9.17) is 5.26 Å². The first kappa shape index (κ1) is 8.37. The summed E-state index contributed by atoms with van der Waals surface area (Å²) < 4.78 is 0. The summed E-state index contributed by atoms with van der Waals surface area (Å²) in [6.07, 6.45) is 0. The number of benzene rings is 1. The lowest BCUT2D eigenvalue weighted by Gasteiger charge is -1.97. The van der Waals surface area contributed by atoms with Crippen LogP contribution < -0.4 is 0 Å². The van der Waals surface area contributed by atoms with Crippen LogP contribution in [0.15, 0.2) is 18.2 Å². The number of aryl methyl sites for hydroxylation is 2. The Hall–Kier alpha value is -1.73. The largest absolute Gasteiger partial charge is 0.183 e. The maximum absolute atomic E-state index is 8.25. The predicted molar refractivity (Wildman–Crippen MR) is 48.4 cm³/mol. The van der Waals surface area contributed by atoms with Crippen molar-refractivity contribution in [2.45, 2.75) is 13.8 Å². The van der Waals surface area contributed by atoms with E-state index in [9.17, 15) is 0 Å². The van der Waals surface area contributed by atoms with Crippen molar-refractivity contribution in [3.63, 3.8) is 0 Å². The van der Waals surface area contributed by atoms with E-state index >= 15 is 0 Å². The van der Waals surface area contributed by atoms with E-state index in [0.717, 1.165) is 11.1 Å². The van der Waals surface area contributed by atoms with Crippen LogP contribution in [0.3, 0.4) is 0 Å². The highest BCUT2D eigenvalue weighted by Crippen LogP contribution is 2.08. The Balaban J connectivity index is 3.12. The molecule has 0 unspecified atom stereocenters. The molecule has 0 spiro atoms. The van der Waals surface area contributed by atoms with Crippen LogP contribution in [0.1, 0.15) is 16.7 Å². The van der Waals surface area contributed by atoms with Crippen molar-refractivity contribution >= 4 is 0 Å². The summed E-state index contributed by atoms with van der Waals surface area (Å²) in [5.41, 5.74) is 3.27. The fourth-order valence-corrected chi connectivity index (χ4v) is 1.05. The number of hydrogen-bond acceptors (Lipinski definition) is 1. The van der Waals surface area contributed by atoms with Gasteiger partial charge >= 0.3 is 0 Å². The van der Waals surface area contributed by atoms with Crippen LogP contribution in [0.5, 0.6) is 0 Å². The summed E-state index contributed by atoms with van der Waals surface area (Å²) in [6.45, 7) is 4.03. The van der Waals surface area contributed by atoms with Gasteiger partial charge < -0.3 is 0 Å². The maximum atomic E-state index is 8.25. The summed E-state index contributed by atoms with van der Waals surface area (Å²) in [7, 11) is 0. The summed E-state index contributed by atoms with van der Waals surface area (Å²) in [6, 6.07) is 7.79. The minimum Gasteiger partial charge on any atom is -0.183 e. The number of rotatable bonds is 0. The third-order valence-electron chi connectivity index (χ3n) is 1.63. The zero-order valence-electron chi connectivity index (χ0n) is 7.18. The topological polar surface area (TPSA) is 23.8 Å². The second-order valence-electron chi connectivity index (χ2n) is 2.68. The second-order valence-corrected chi connectivity index (χ2v) is 2.68. The van der Waals surface area contributed by atoms with Gasteiger partial charge in [0.1, 0.15) is 0 Å². The van der Waals surface area contributed by atoms with Gasteiger partial charge in [-0.05, 0) is 25.5 Å². The number of nitriles is 1. The smallest absolute Gasteiger partial charge is 0.152 e. The van der Waals surface area contributed by atoms with E-state index < -0.39 is 0 Å². The molecule has 0 aliphatic rings. The molecule has 0 aliphatic heterocycles. The molecule has 0 fully saturated rings. The minimum absolute atomic E-state index is 0.933. The molecule has 1 aromatic rings. The lowest BCUT2D eigenvalue weighted by atomic mass is 10.1. The van der Waals surface area contributed by atoms with Crippen molar-refractivity contribution in [1.29, 1.82) is 5.26 Å². The Morgan fingerprint density at radius 3 is 2.58 bits per heavy atom. The van der Waals surface area contributed by atoms with Gasteiger partial charge in [0, 0.05) is 11.5 Å². The highest BCUT2D eigenvalue weighted by molar-refractivity contribution is 5.44. The first-order valence-electron chi connectivity index (χ1n) is 3.71. The molecule has 0 heterocycles. The Morgan fingerprint density at radius 1 is 1.25 bits per heavy atom. The highest BCUT2D eigenvalue weighted by Gasteiger charge is 1.92. The van der Waals surface area contributed by atoms with Crippen LogP contribution in [0, 0.1) is 37.0 Å². The molecule has 1 heteroatoms. The summed E-state index contributed by atoms with van der Waals surface area (Å²) in [5.74, 6) is 5.16. The molecule has 1 nitrogen and oxygen atoms in total. The van der Waals surface area contributed by atoms with Crippen LogP contribution >= 0.6 is 0 Å². The van der Waals surface area contributed by atoms with Gasteiger partial charge in [-0.2, -0.15) is 5.26 Å². The zero-order chi connectivity index (χ0) is 8.97. The van der Waals surface area contributed by atoms with Gasteiger partial charge in [0.2, 0.25) is 0 Å². The van der Waals surface area contributed by atoms with Crippen molar-refractivity contribution in [3.05, 3.63) is 34.9 Å². The predicted octanol–water partition coefficient (Wildman–Crippen LogP) is 2.18. The van der Waals surface area contributed by atoms with E-state index in [-0.39, 0.29) is 0 Å². The van der Waals surface area contributed by atoms with Gasteiger partial charge in [0.25, 0.3) is 0 Å². The normalized spacial score (nSPS) is 8.08. The summed E-state index contributed by atoms with van der Waals surface area (Å²) >= 11 is 0. The van der Waals surface area contributed by atoms with Crippen molar-refractivity contribution in [3.8, 4) is 17.9 Å². The molecule has 0 N–H and O–H groups in total. The van der Waals surface area contributed by atoms with Crippen LogP contribution in [-0.4, -0.2) is 0 Å². The Labute approximate surface area is 72.6 Å². The average molecular weight is 155 g/mol. The second kappa shape index (κ2) is 3.60. The van der Waals surface area contributed by atoms with E-state index in [2.05, 4.69) is 17.9 Å². The van der Waals surface area contributed by atoms with Crippen molar-refractivity contribution in [1.82, 2.24) is 0 Å². The maximum Gasteiger partial charge on any atom is 0.152 e. The summed E-state index contributed by atoms with van der Waals surface area (Å²) in [5, 5.41) is 8.25. The molecule has 0 radical (unpaired) electrons. The molecular weight excluding hydrogens is 146 g/mol. The zero-order valence-corrected chi connectivity index (χ0v) is 7.18. The van der Waals surface area contributed by atoms with Crippen LogP contribution in [0.25, 0.3) is 0 Å². The van der Waals surface area contributed by atoms with Gasteiger partial charge in [-0.1, -0.05) is 23.6 Å². The fraction of sp³-hybridized carbons (Fsp3) is 0.182. The molecular formula is C11H9N. The van der Waals surface area contributed by atoms with Crippen LogP contribution in [0.2, 0.25) is 0 Å². The summed E-state index contributed by atoms with van der Waals surface area (Å²) in [4.78, 5) is 0. The Bertz CT molecular complexity index is 386. The molecule has 58 valence electrons. The average Bonchev–Trinajstić information content (AvgIpc) is 2.03. The fourth-order valence-electron chi connectivity index (χ4n) is 1.05. The van der Waals surface area contributed by atoms with Crippen molar-refractivity contribution in [2.75, 3.05) is 0 Å².